The summed E-state index contributed by atoms with van der Waals surface area (Å²) in [5.41, 5.74) is 3.94. The number of rotatable bonds is 10. The normalized spacial score (nSPS) is 11.0. The molecule has 0 saturated heterocycles. The zero-order valence-electron chi connectivity index (χ0n) is 18.0. The maximum atomic E-state index is 12.6. The molecule has 1 aromatic heterocycles. The Labute approximate surface area is 168 Å². The van der Waals surface area contributed by atoms with E-state index in [2.05, 4.69) is 31.2 Å². The van der Waals surface area contributed by atoms with Crippen molar-refractivity contribution in [1.29, 1.82) is 0 Å². The van der Waals surface area contributed by atoms with Crippen molar-refractivity contribution in [2.45, 2.75) is 60.9 Å². The Hall–Kier alpha value is -2.50. The molecule has 0 spiro atoms. The van der Waals surface area contributed by atoms with Crippen LogP contribution in [0.15, 0.2) is 18.2 Å². The highest BCUT2D eigenvalue weighted by Crippen LogP contribution is 2.29. The third-order valence-electron chi connectivity index (χ3n) is 4.51. The van der Waals surface area contributed by atoms with E-state index in [0.29, 0.717) is 49.2 Å². The van der Waals surface area contributed by atoms with Crippen LogP contribution >= 0.6 is 0 Å². The molecular formula is C22H33N3O3. The summed E-state index contributed by atoms with van der Waals surface area (Å²) in [6, 6.07) is 5.48. The van der Waals surface area contributed by atoms with Gasteiger partial charge in [-0.1, -0.05) is 13.8 Å². The van der Waals surface area contributed by atoms with E-state index in [1.807, 2.05) is 43.7 Å². The summed E-state index contributed by atoms with van der Waals surface area (Å²) in [5, 5.41) is 7.60. The Morgan fingerprint density at radius 1 is 1.18 bits per heavy atom. The van der Waals surface area contributed by atoms with Gasteiger partial charge in [-0.15, -0.1) is 0 Å². The Kier molecular flexibility index (Phi) is 7.91. The number of aromatic nitrogens is 2. The molecule has 1 heterocycles. The van der Waals surface area contributed by atoms with Crippen LogP contribution in [0.2, 0.25) is 0 Å². The number of amides is 1. The molecule has 0 aliphatic rings. The van der Waals surface area contributed by atoms with Crippen molar-refractivity contribution in [1.82, 2.24) is 9.78 Å². The van der Waals surface area contributed by atoms with Gasteiger partial charge in [0.05, 0.1) is 24.6 Å². The van der Waals surface area contributed by atoms with E-state index in [1.54, 1.807) is 0 Å². The Morgan fingerprint density at radius 3 is 2.54 bits per heavy atom. The number of hydrogen-bond donors (Lipinski definition) is 1. The van der Waals surface area contributed by atoms with E-state index in [4.69, 9.17) is 9.47 Å². The highest BCUT2D eigenvalue weighted by molar-refractivity contribution is 5.92. The van der Waals surface area contributed by atoms with E-state index in [9.17, 15) is 4.79 Å². The minimum Gasteiger partial charge on any atom is -0.494 e. The molecule has 28 heavy (non-hydrogen) atoms. The number of carbonyl (C=O) groups is 1. The molecule has 1 N–H and O–H groups in total. The standard InChI is InChI=1S/C22H33N3O3/c1-7-27-18-9-11-21(28-8-2)20(13-18)23-22(26)12-10-19-16(5)24-25(17(19)6)14-15(3)4/h9,11,13,15H,7-8,10,12,14H2,1-6H3,(H,23,26). The number of hydrogen-bond acceptors (Lipinski definition) is 4. The minimum atomic E-state index is -0.0509. The van der Waals surface area contributed by atoms with Gasteiger partial charge >= 0.3 is 0 Å². The maximum Gasteiger partial charge on any atom is 0.224 e. The summed E-state index contributed by atoms with van der Waals surface area (Å²) in [6.45, 7) is 14.3. The number of anilines is 1. The molecule has 2 rings (SSSR count). The third-order valence-corrected chi connectivity index (χ3v) is 4.51. The first-order valence-corrected chi connectivity index (χ1v) is 10.1. The van der Waals surface area contributed by atoms with Crippen LogP contribution in [0.5, 0.6) is 11.5 Å². The van der Waals surface area contributed by atoms with Crippen LogP contribution in [0.4, 0.5) is 5.69 Å². The van der Waals surface area contributed by atoms with Gasteiger partial charge in [-0.05, 0) is 57.7 Å². The molecule has 1 amide bonds. The van der Waals surface area contributed by atoms with Crippen LogP contribution in [0, 0.1) is 19.8 Å². The summed E-state index contributed by atoms with van der Waals surface area (Å²) in [4.78, 5) is 12.6. The van der Waals surface area contributed by atoms with Crippen molar-refractivity contribution in [3.8, 4) is 11.5 Å². The molecule has 0 saturated carbocycles. The molecule has 0 aliphatic heterocycles. The summed E-state index contributed by atoms with van der Waals surface area (Å²) in [7, 11) is 0. The van der Waals surface area contributed by atoms with Crippen molar-refractivity contribution in [2.24, 2.45) is 5.92 Å². The fourth-order valence-corrected chi connectivity index (χ4v) is 3.22. The van der Waals surface area contributed by atoms with Gasteiger partial charge in [0, 0.05) is 24.7 Å². The molecule has 6 nitrogen and oxygen atoms in total. The molecule has 0 unspecified atom stereocenters. The highest BCUT2D eigenvalue weighted by Gasteiger charge is 2.15. The number of ether oxygens (including phenoxy) is 2. The predicted molar refractivity (Wildman–Crippen MR) is 112 cm³/mol. The van der Waals surface area contributed by atoms with Gasteiger partial charge in [0.2, 0.25) is 5.91 Å². The van der Waals surface area contributed by atoms with Gasteiger partial charge in [-0.25, -0.2) is 0 Å². The number of benzene rings is 1. The van der Waals surface area contributed by atoms with Crippen LogP contribution in [0.1, 0.15) is 51.1 Å². The monoisotopic (exact) mass is 387 g/mol. The SMILES string of the molecule is CCOc1ccc(OCC)c(NC(=O)CCc2c(C)nn(CC(C)C)c2C)c1. The summed E-state index contributed by atoms with van der Waals surface area (Å²) < 4.78 is 13.2. The van der Waals surface area contributed by atoms with E-state index in [1.165, 1.54) is 0 Å². The van der Waals surface area contributed by atoms with Crippen LogP contribution in [0.25, 0.3) is 0 Å². The largest absolute Gasteiger partial charge is 0.494 e. The predicted octanol–water partition coefficient (Wildman–Crippen LogP) is 4.52. The van der Waals surface area contributed by atoms with E-state index >= 15 is 0 Å². The van der Waals surface area contributed by atoms with Crippen molar-refractivity contribution in [2.75, 3.05) is 18.5 Å². The molecule has 1 aromatic carbocycles. The van der Waals surface area contributed by atoms with Gasteiger partial charge in [-0.3, -0.25) is 9.48 Å². The van der Waals surface area contributed by atoms with E-state index in [-0.39, 0.29) is 5.91 Å². The average Bonchev–Trinajstić information content (AvgIpc) is 2.88. The number of nitrogens with zero attached hydrogens (tertiary/aromatic N) is 2. The smallest absolute Gasteiger partial charge is 0.224 e. The average molecular weight is 388 g/mol. The van der Waals surface area contributed by atoms with Gasteiger partial charge in [0.15, 0.2) is 0 Å². The molecule has 6 heteroatoms. The molecule has 154 valence electrons. The first-order chi connectivity index (χ1) is 13.3. The Morgan fingerprint density at radius 2 is 1.89 bits per heavy atom. The van der Waals surface area contributed by atoms with E-state index < -0.39 is 0 Å². The Balaban J connectivity index is 2.06. The second-order valence-electron chi connectivity index (χ2n) is 7.30. The molecule has 0 atom stereocenters. The molecule has 0 aliphatic carbocycles. The topological polar surface area (TPSA) is 65.4 Å². The van der Waals surface area contributed by atoms with Crippen LogP contribution < -0.4 is 14.8 Å². The fraction of sp³-hybridized carbons (Fsp3) is 0.545. The maximum absolute atomic E-state index is 12.6. The van der Waals surface area contributed by atoms with Gasteiger partial charge in [0.1, 0.15) is 11.5 Å². The Bertz CT molecular complexity index is 797. The quantitative estimate of drug-likeness (QED) is 0.651. The van der Waals surface area contributed by atoms with Crippen LogP contribution in [-0.2, 0) is 17.8 Å². The van der Waals surface area contributed by atoms with Crippen molar-refractivity contribution >= 4 is 11.6 Å². The zero-order valence-corrected chi connectivity index (χ0v) is 18.0. The first-order valence-electron chi connectivity index (χ1n) is 10.1. The fourth-order valence-electron chi connectivity index (χ4n) is 3.22. The van der Waals surface area contributed by atoms with Crippen molar-refractivity contribution in [3.05, 3.63) is 35.2 Å². The molecule has 0 radical (unpaired) electrons. The van der Waals surface area contributed by atoms with E-state index in [0.717, 1.165) is 23.5 Å². The number of carbonyl (C=O) groups excluding carboxylic acids is 1. The summed E-state index contributed by atoms with van der Waals surface area (Å²) in [5.74, 6) is 1.84. The van der Waals surface area contributed by atoms with Gasteiger partial charge in [-0.2, -0.15) is 5.10 Å². The third kappa shape index (κ3) is 5.75. The highest BCUT2D eigenvalue weighted by atomic mass is 16.5. The second-order valence-corrected chi connectivity index (χ2v) is 7.30. The lowest BCUT2D eigenvalue weighted by Gasteiger charge is -2.13. The van der Waals surface area contributed by atoms with Gasteiger partial charge < -0.3 is 14.8 Å². The second kappa shape index (κ2) is 10.2. The molecule has 0 fully saturated rings. The first kappa shape index (κ1) is 21.8. The lowest BCUT2D eigenvalue weighted by atomic mass is 10.1. The summed E-state index contributed by atoms with van der Waals surface area (Å²) >= 11 is 0. The number of nitrogens with one attached hydrogen (secondary N) is 1. The lowest BCUT2D eigenvalue weighted by molar-refractivity contribution is -0.116. The van der Waals surface area contributed by atoms with Crippen molar-refractivity contribution < 1.29 is 14.3 Å². The summed E-state index contributed by atoms with van der Waals surface area (Å²) in [6.07, 6.45) is 1.05. The molecule has 2 aromatic rings. The lowest BCUT2D eigenvalue weighted by Crippen LogP contribution is -2.14. The van der Waals surface area contributed by atoms with Crippen LogP contribution in [-0.4, -0.2) is 28.9 Å². The molecule has 0 bridgehead atoms. The van der Waals surface area contributed by atoms with Crippen LogP contribution in [0.3, 0.4) is 0 Å². The van der Waals surface area contributed by atoms with Gasteiger partial charge in [0.25, 0.3) is 0 Å². The zero-order chi connectivity index (χ0) is 20.7. The minimum absolute atomic E-state index is 0.0509. The van der Waals surface area contributed by atoms with Crippen molar-refractivity contribution in [3.63, 3.8) is 0 Å². The molecular weight excluding hydrogens is 354 g/mol. The number of aryl methyl sites for hydroxylation is 1.